The van der Waals surface area contributed by atoms with Crippen molar-refractivity contribution in [3.63, 3.8) is 0 Å². The molecule has 0 aliphatic rings. The first kappa shape index (κ1) is 18.8. The Morgan fingerprint density at radius 3 is 2.40 bits per heavy atom. The molecule has 5 nitrogen and oxygen atoms in total. The molecule has 25 heavy (non-hydrogen) atoms. The van der Waals surface area contributed by atoms with Gasteiger partial charge in [0.05, 0.1) is 30.3 Å². The molecule has 2 aromatic carbocycles. The average Bonchev–Trinajstić information content (AvgIpc) is 2.56. The van der Waals surface area contributed by atoms with Gasteiger partial charge in [-0.3, -0.25) is 9.59 Å². The molecule has 0 unspecified atom stereocenters. The van der Waals surface area contributed by atoms with E-state index in [4.69, 9.17) is 16.3 Å². The van der Waals surface area contributed by atoms with E-state index in [-0.39, 0.29) is 18.2 Å². The van der Waals surface area contributed by atoms with Gasteiger partial charge in [0, 0.05) is 6.92 Å². The third-order valence-corrected chi connectivity index (χ3v) is 4.00. The van der Waals surface area contributed by atoms with E-state index in [0.29, 0.717) is 16.5 Å². The highest BCUT2D eigenvalue weighted by molar-refractivity contribution is 6.33. The lowest BCUT2D eigenvalue weighted by molar-refractivity contribution is -0.120. The van der Waals surface area contributed by atoms with Crippen LogP contribution >= 0.6 is 11.6 Å². The van der Waals surface area contributed by atoms with E-state index >= 15 is 0 Å². The van der Waals surface area contributed by atoms with Crippen molar-refractivity contribution in [1.29, 1.82) is 0 Å². The van der Waals surface area contributed by atoms with Crippen LogP contribution in [-0.2, 0) is 9.59 Å². The summed E-state index contributed by atoms with van der Waals surface area (Å²) in [6.45, 7) is 3.35. The molecule has 0 fully saturated rings. The predicted octanol–water partition coefficient (Wildman–Crippen LogP) is 3.86. The highest BCUT2D eigenvalue weighted by Gasteiger charge is 2.18. The van der Waals surface area contributed by atoms with E-state index in [2.05, 4.69) is 10.6 Å². The summed E-state index contributed by atoms with van der Waals surface area (Å²) < 4.78 is 5.13. The molecule has 0 heterocycles. The highest BCUT2D eigenvalue weighted by Crippen LogP contribution is 2.25. The predicted molar refractivity (Wildman–Crippen MR) is 99.0 cm³/mol. The van der Waals surface area contributed by atoms with Crippen molar-refractivity contribution in [3.8, 4) is 5.75 Å². The van der Waals surface area contributed by atoms with Crippen molar-refractivity contribution in [2.75, 3.05) is 12.4 Å². The number of methoxy groups -OCH3 is 1. The fourth-order valence-electron chi connectivity index (χ4n) is 2.44. The Kier molecular flexibility index (Phi) is 6.42. The lowest BCUT2D eigenvalue weighted by atomic mass is 10.0. The second kappa shape index (κ2) is 8.53. The molecular formula is C19H21ClN2O3. The lowest BCUT2D eigenvalue weighted by Crippen LogP contribution is -2.29. The molecule has 0 saturated heterocycles. The molecule has 0 bridgehead atoms. The summed E-state index contributed by atoms with van der Waals surface area (Å²) in [5.41, 5.74) is 2.38. The maximum absolute atomic E-state index is 12.4. The molecule has 0 aliphatic heterocycles. The van der Waals surface area contributed by atoms with Crippen molar-refractivity contribution >= 4 is 29.1 Å². The summed E-state index contributed by atoms with van der Waals surface area (Å²) >= 11 is 6.15. The number of aryl methyl sites for hydroxylation is 1. The first-order valence-electron chi connectivity index (χ1n) is 7.86. The first-order valence-corrected chi connectivity index (χ1v) is 8.24. The number of carbonyl (C=O) groups excluding carboxylic acids is 2. The number of hydrogen-bond donors (Lipinski definition) is 2. The Bertz CT molecular complexity index is 760. The Morgan fingerprint density at radius 2 is 1.84 bits per heavy atom. The van der Waals surface area contributed by atoms with Crippen LogP contribution in [-0.4, -0.2) is 18.9 Å². The first-order chi connectivity index (χ1) is 11.9. The third kappa shape index (κ3) is 5.50. The number of anilines is 1. The smallest absolute Gasteiger partial charge is 0.226 e. The number of amides is 2. The molecule has 0 aromatic heterocycles. The number of rotatable bonds is 6. The second-order valence-electron chi connectivity index (χ2n) is 5.76. The van der Waals surface area contributed by atoms with Crippen molar-refractivity contribution in [2.24, 2.45) is 0 Å². The molecule has 2 amide bonds. The highest BCUT2D eigenvalue weighted by atomic mass is 35.5. The molecule has 0 spiro atoms. The average molecular weight is 361 g/mol. The fraction of sp³-hybridized carbons (Fsp3) is 0.263. The molecule has 1 atom stereocenters. The van der Waals surface area contributed by atoms with E-state index in [1.54, 1.807) is 31.4 Å². The topological polar surface area (TPSA) is 67.4 Å². The molecular weight excluding hydrogens is 340 g/mol. The molecule has 0 saturated carbocycles. The Balaban J connectivity index is 2.12. The summed E-state index contributed by atoms with van der Waals surface area (Å²) in [5, 5.41) is 6.07. The number of hydrogen-bond acceptors (Lipinski definition) is 3. The summed E-state index contributed by atoms with van der Waals surface area (Å²) in [4.78, 5) is 23.9. The molecule has 2 N–H and O–H groups in total. The molecule has 2 rings (SSSR count). The van der Waals surface area contributed by atoms with Crippen LogP contribution in [0.4, 0.5) is 5.69 Å². The van der Waals surface area contributed by atoms with Gasteiger partial charge in [-0.1, -0.05) is 29.8 Å². The van der Waals surface area contributed by atoms with E-state index in [1.807, 2.05) is 25.1 Å². The van der Waals surface area contributed by atoms with E-state index in [9.17, 15) is 9.59 Å². The number of nitrogens with one attached hydrogen (secondary N) is 2. The van der Waals surface area contributed by atoms with Crippen molar-refractivity contribution in [1.82, 2.24) is 5.32 Å². The SMILES string of the molecule is COc1ccc([C@H](CC(=O)Nc2ccc(C)cc2Cl)NC(C)=O)cc1. The summed E-state index contributed by atoms with van der Waals surface area (Å²) in [5.74, 6) is 0.267. The van der Waals surface area contributed by atoms with Crippen LogP contribution in [0.25, 0.3) is 0 Å². The van der Waals surface area contributed by atoms with Crippen molar-refractivity contribution < 1.29 is 14.3 Å². The number of ether oxygens (including phenoxy) is 1. The zero-order chi connectivity index (χ0) is 18.4. The van der Waals surface area contributed by atoms with E-state index < -0.39 is 6.04 Å². The van der Waals surface area contributed by atoms with Crippen LogP contribution in [0.3, 0.4) is 0 Å². The van der Waals surface area contributed by atoms with Crippen LogP contribution in [0, 0.1) is 6.92 Å². The molecule has 2 aromatic rings. The van der Waals surface area contributed by atoms with Gasteiger partial charge >= 0.3 is 0 Å². The third-order valence-electron chi connectivity index (χ3n) is 3.68. The van der Waals surface area contributed by atoms with Gasteiger partial charge in [0.15, 0.2) is 0 Å². The number of carbonyl (C=O) groups is 2. The van der Waals surface area contributed by atoms with Crippen LogP contribution < -0.4 is 15.4 Å². The van der Waals surface area contributed by atoms with E-state index in [0.717, 1.165) is 11.1 Å². The van der Waals surface area contributed by atoms with Crippen molar-refractivity contribution in [2.45, 2.75) is 26.3 Å². The van der Waals surface area contributed by atoms with Crippen LogP contribution in [0.1, 0.15) is 30.5 Å². The maximum Gasteiger partial charge on any atom is 0.226 e. The number of halogens is 1. The molecule has 132 valence electrons. The number of benzene rings is 2. The fourth-order valence-corrected chi connectivity index (χ4v) is 2.72. The Morgan fingerprint density at radius 1 is 1.16 bits per heavy atom. The standard InChI is InChI=1S/C19H21ClN2O3/c1-12-4-9-17(16(20)10-12)22-19(24)11-18(21-13(2)23)14-5-7-15(25-3)8-6-14/h4-10,18H,11H2,1-3H3,(H,21,23)(H,22,24)/t18-/m0/s1. The summed E-state index contributed by atoms with van der Waals surface area (Å²) in [7, 11) is 1.58. The summed E-state index contributed by atoms with van der Waals surface area (Å²) in [6, 6.07) is 12.2. The Hall–Kier alpha value is -2.53. The van der Waals surface area contributed by atoms with Gasteiger partial charge in [-0.2, -0.15) is 0 Å². The minimum Gasteiger partial charge on any atom is -0.497 e. The van der Waals surface area contributed by atoms with Crippen LogP contribution in [0.5, 0.6) is 5.75 Å². The van der Waals surface area contributed by atoms with Crippen LogP contribution in [0.2, 0.25) is 5.02 Å². The lowest BCUT2D eigenvalue weighted by Gasteiger charge is -2.19. The normalized spacial score (nSPS) is 11.5. The van der Waals surface area contributed by atoms with Gasteiger partial charge in [0.2, 0.25) is 11.8 Å². The van der Waals surface area contributed by atoms with Crippen LogP contribution in [0.15, 0.2) is 42.5 Å². The minimum absolute atomic E-state index is 0.0934. The molecule has 0 radical (unpaired) electrons. The van der Waals surface area contributed by atoms with Gasteiger partial charge in [0.25, 0.3) is 0 Å². The molecule has 0 aliphatic carbocycles. The monoisotopic (exact) mass is 360 g/mol. The molecule has 6 heteroatoms. The van der Waals surface area contributed by atoms with Crippen molar-refractivity contribution in [3.05, 3.63) is 58.6 Å². The van der Waals surface area contributed by atoms with Gasteiger partial charge < -0.3 is 15.4 Å². The Labute approximate surface area is 152 Å². The van der Waals surface area contributed by atoms with Gasteiger partial charge in [-0.25, -0.2) is 0 Å². The van der Waals surface area contributed by atoms with Gasteiger partial charge in [-0.05, 0) is 42.3 Å². The zero-order valence-electron chi connectivity index (χ0n) is 14.4. The minimum atomic E-state index is -0.437. The van der Waals surface area contributed by atoms with Gasteiger partial charge in [0.1, 0.15) is 5.75 Å². The maximum atomic E-state index is 12.4. The quantitative estimate of drug-likeness (QED) is 0.821. The largest absolute Gasteiger partial charge is 0.497 e. The van der Waals surface area contributed by atoms with E-state index in [1.165, 1.54) is 6.92 Å². The summed E-state index contributed by atoms with van der Waals surface area (Å²) in [6.07, 6.45) is 0.0934. The second-order valence-corrected chi connectivity index (χ2v) is 6.17. The van der Waals surface area contributed by atoms with Gasteiger partial charge in [-0.15, -0.1) is 0 Å². The zero-order valence-corrected chi connectivity index (χ0v) is 15.2.